The standard InChI is InChI=1S/C16H12BrFN2O2/c17-11-4-5-14-13(7-11)16(22)20(9-19-14)8-15(21)10-2-1-3-12(18)6-10/h1-7,9,15,21H,8H2. The van der Waals surface area contributed by atoms with Crippen LogP contribution < -0.4 is 5.56 Å². The number of fused-ring (bicyclic) bond motifs is 1. The lowest BCUT2D eigenvalue weighted by molar-refractivity contribution is 0.154. The number of aromatic nitrogens is 2. The summed E-state index contributed by atoms with van der Waals surface area (Å²) in [6.07, 6.45) is 0.404. The van der Waals surface area contributed by atoms with E-state index in [0.29, 0.717) is 16.5 Å². The zero-order chi connectivity index (χ0) is 15.7. The van der Waals surface area contributed by atoms with E-state index in [-0.39, 0.29) is 12.1 Å². The lowest BCUT2D eigenvalue weighted by Gasteiger charge is -2.13. The van der Waals surface area contributed by atoms with Crippen molar-refractivity contribution in [3.05, 3.63) is 75.0 Å². The molecule has 1 aromatic heterocycles. The summed E-state index contributed by atoms with van der Waals surface area (Å²) in [6, 6.07) is 10.9. The van der Waals surface area contributed by atoms with E-state index in [9.17, 15) is 14.3 Å². The minimum atomic E-state index is -0.986. The molecule has 0 amide bonds. The highest BCUT2D eigenvalue weighted by Crippen LogP contribution is 2.17. The summed E-state index contributed by atoms with van der Waals surface area (Å²) in [5.74, 6) is -0.426. The molecule has 0 radical (unpaired) electrons. The molecule has 112 valence electrons. The number of nitrogens with zero attached hydrogens (tertiary/aromatic N) is 2. The van der Waals surface area contributed by atoms with Crippen molar-refractivity contribution in [2.75, 3.05) is 0 Å². The van der Waals surface area contributed by atoms with Crippen LogP contribution in [0.15, 0.2) is 58.1 Å². The first-order chi connectivity index (χ1) is 10.5. The topological polar surface area (TPSA) is 55.1 Å². The predicted molar refractivity (Wildman–Crippen MR) is 85.1 cm³/mol. The summed E-state index contributed by atoms with van der Waals surface area (Å²) in [6.45, 7) is 0.0116. The Labute approximate surface area is 134 Å². The normalized spacial score (nSPS) is 12.5. The molecule has 3 aromatic rings. The van der Waals surface area contributed by atoms with Crippen LogP contribution in [0, 0.1) is 5.82 Å². The molecular weight excluding hydrogens is 351 g/mol. The van der Waals surface area contributed by atoms with Crippen molar-refractivity contribution in [2.45, 2.75) is 12.6 Å². The summed E-state index contributed by atoms with van der Waals surface area (Å²) in [5, 5.41) is 10.6. The van der Waals surface area contributed by atoms with E-state index in [1.165, 1.54) is 29.1 Å². The van der Waals surface area contributed by atoms with Crippen LogP contribution in [0.1, 0.15) is 11.7 Å². The van der Waals surface area contributed by atoms with Gasteiger partial charge in [0, 0.05) is 4.47 Å². The summed E-state index contributed by atoms with van der Waals surface area (Å²) in [4.78, 5) is 16.6. The van der Waals surface area contributed by atoms with Crippen LogP contribution in [0.3, 0.4) is 0 Å². The molecule has 2 aromatic carbocycles. The highest BCUT2D eigenvalue weighted by molar-refractivity contribution is 9.10. The monoisotopic (exact) mass is 362 g/mol. The number of benzene rings is 2. The molecule has 1 atom stereocenters. The molecule has 1 heterocycles. The molecule has 1 N–H and O–H groups in total. The van der Waals surface area contributed by atoms with Gasteiger partial charge in [-0.25, -0.2) is 9.37 Å². The maximum atomic E-state index is 13.2. The Hall–Kier alpha value is -2.05. The SMILES string of the molecule is O=c1c2cc(Br)ccc2ncn1CC(O)c1cccc(F)c1. The minimum absolute atomic E-state index is 0.0116. The van der Waals surface area contributed by atoms with Crippen LogP contribution in [0.2, 0.25) is 0 Å². The van der Waals surface area contributed by atoms with Crippen molar-refractivity contribution in [1.82, 2.24) is 9.55 Å². The first-order valence-electron chi connectivity index (χ1n) is 6.63. The Balaban J connectivity index is 1.97. The predicted octanol–water partition coefficient (Wildman–Crippen LogP) is 3.03. The summed E-state index contributed by atoms with van der Waals surface area (Å²) in [5.41, 5.74) is 0.757. The molecule has 0 bridgehead atoms. The van der Waals surface area contributed by atoms with E-state index in [4.69, 9.17) is 0 Å². The van der Waals surface area contributed by atoms with Gasteiger partial charge in [0.1, 0.15) is 5.82 Å². The van der Waals surface area contributed by atoms with Gasteiger partial charge < -0.3 is 5.11 Å². The number of hydrogen-bond donors (Lipinski definition) is 1. The summed E-state index contributed by atoms with van der Waals surface area (Å²) in [7, 11) is 0. The van der Waals surface area contributed by atoms with E-state index < -0.39 is 11.9 Å². The fourth-order valence-corrected chi connectivity index (χ4v) is 2.63. The Morgan fingerprint density at radius 2 is 2.09 bits per heavy atom. The van der Waals surface area contributed by atoms with Gasteiger partial charge in [0.2, 0.25) is 0 Å². The Kier molecular flexibility index (Phi) is 4.04. The van der Waals surface area contributed by atoms with Crippen LogP contribution >= 0.6 is 15.9 Å². The highest BCUT2D eigenvalue weighted by atomic mass is 79.9. The largest absolute Gasteiger partial charge is 0.387 e. The van der Waals surface area contributed by atoms with Crippen molar-refractivity contribution in [3.63, 3.8) is 0 Å². The second kappa shape index (κ2) is 5.98. The zero-order valence-corrected chi connectivity index (χ0v) is 13.0. The molecule has 3 rings (SSSR count). The van der Waals surface area contributed by atoms with Gasteiger partial charge in [-0.1, -0.05) is 28.1 Å². The third-order valence-electron chi connectivity index (χ3n) is 3.39. The fraction of sp³-hybridized carbons (Fsp3) is 0.125. The van der Waals surface area contributed by atoms with Gasteiger partial charge in [0.25, 0.3) is 5.56 Å². The van der Waals surface area contributed by atoms with E-state index in [1.807, 2.05) is 0 Å². The van der Waals surface area contributed by atoms with E-state index >= 15 is 0 Å². The molecule has 4 nitrogen and oxygen atoms in total. The van der Waals surface area contributed by atoms with Gasteiger partial charge >= 0.3 is 0 Å². The smallest absolute Gasteiger partial charge is 0.261 e. The average molecular weight is 363 g/mol. The maximum Gasteiger partial charge on any atom is 0.261 e. The van der Waals surface area contributed by atoms with Gasteiger partial charge in [0.15, 0.2) is 0 Å². The van der Waals surface area contributed by atoms with Crippen molar-refractivity contribution < 1.29 is 9.50 Å². The van der Waals surface area contributed by atoms with Gasteiger partial charge in [0.05, 0.1) is 29.9 Å². The molecule has 0 spiro atoms. The Bertz CT molecular complexity index is 895. The van der Waals surface area contributed by atoms with Gasteiger partial charge in [-0.15, -0.1) is 0 Å². The van der Waals surface area contributed by atoms with Crippen LogP contribution in [-0.2, 0) is 6.54 Å². The average Bonchev–Trinajstić information content (AvgIpc) is 2.50. The molecule has 0 aliphatic carbocycles. The van der Waals surface area contributed by atoms with Crippen LogP contribution in [-0.4, -0.2) is 14.7 Å². The van der Waals surface area contributed by atoms with E-state index in [1.54, 1.807) is 24.3 Å². The van der Waals surface area contributed by atoms with E-state index in [0.717, 1.165) is 4.47 Å². The zero-order valence-electron chi connectivity index (χ0n) is 11.4. The van der Waals surface area contributed by atoms with Crippen LogP contribution in [0.4, 0.5) is 4.39 Å². The molecule has 1 unspecified atom stereocenters. The molecule has 0 fully saturated rings. The number of halogens is 2. The minimum Gasteiger partial charge on any atom is -0.387 e. The second-order valence-corrected chi connectivity index (χ2v) is 5.85. The third-order valence-corrected chi connectivity index (χ3v) is 3.88. The quantitative estimate of drug-likeness (QED) is 0.778. The molecule has 6 heteroatoms. The Morgan fingerprint density at radius 1 is 1.27 bits per heavy atom. The number of rotatable bonds is 3. The molecule has 0 aliphatic rings. The maximum absolute atomic E-state index is 13.2. The number of aliphatic hydroxyl groups excluding tert-OH is 1. The van der Waals surface area contributed by atoms with Crippen LogP contribution in [0.25, 0.3) is 10.9 Å². The highest BCUT2D eigenvalue weighted by Gasteiger charge is 2.12. The third kappa shape index (κ3) is 2.93. The molecular formula is C16H12BrFN2O2. The van der Waals surface area contributed by atoms with Crippen molar-refractivity contribution >= 4 is 26.8 Å². The number of aliphatic hydroxyl groups is 1. The summed E-state index contributed by atoms with van der Waals surface area (Å²) >= 11 is 3.32. The fourth-order valence-electron chi connectivity index (χ4n) is 2.27. The van der Waals surface area contributed by atoms with Crippen LogP contribution in [0.5, 0.6) is 0 Å². The lowest BCUT2D eigenvalue weighted by Crippen LogP contribution is -2.23. The number of hydrogen-bond acceptors (Lipinski definition) is 3. The van der Waals surface area contributed by atoms with Crippen molar-refractivity contribution in [3.8, 4) is 0 Å². The van der Waals surface area contributed by atoms with Gasteiger partial charge in [-0.2, -0.15) is 0 Å². The van der Waals surface area contributed by atoms with Crippen molar-refractivity contribution in [2.24, 2.45) is 0 Å². The lowest BCUT2D eigenvalue weighted by atomic mass is 10.1. The van der Waals surface area contributed by atoms with Gasteiger partial charge in [-0.05, 0) is 35.9 Å². The summed E-state index contributed by atoms with van der Waals surface area (Å²) < 4.78 is 15.3. The Morgan fingerprint density at radius 3 is 2.86 bits per heavy atom. The molecule has 0 saturated carbocycles. The molecule has 0 aliphatic heterocycles. The van der Waals surface area contributed by atoms with Crippen molar-refractivity contribution in [1.29, 1.82) is 0 Å². The van der Waals surface area contributed by atoms with Gasteiger partial charge in [-0.3, -0.25) is 9.36 Å². The first-order valence-corrected chi connectivity index (χ1v) is 7.42. The molecule has 22 heavy (non-hydrogen) atoms. The van der Waals surface area contributed by atoms with E-state index in [2.05, 4.69) is 20.9 Å². The first kappa shape index (κ1) is 14.9. The second-order valence-electron chi connectivity index (χ2n) is 4.93. The molecule has 0 saturated heterocycles.